The highest BCUT2D eigenvalue weighted by atomic mass is 32.2. The summed E-state index contributed by atoms with van der Waals surface area (Å²) in [6.45, 7) is 0. The van der Waals surface area contributed by atoms with E-state index in [0.29, 0.717) is 5.75 Å². The smallest absolute Gasteiger partial charge is 0.321 e. The highest BCUT2D eigenvalue weighted by molar-refractivity contribution is 8.00. The molecular weight excluding hydrogens is 354 g/mol. The number of carboxylic acids is 1. The molecule has 3 aromatic rings. The number of rotatable bonds is 8. The van der Waals surface area contributed by atoms with Gasteiger partial charge >= 0.3 is 5.97 Å². The molecule has 1 atom stereocenters. The molecule has 4 heteroatoms. The minimum Gasteiger partial charge on any atom is -0.480 e. The number of carboxylic acid groups (broad SMARTS) is 1. The Balaban J connectivity index is 2.18. The number of likely N-dealkylation sites (N-methyl/N-ethyl adjacent to an activating group) is 1. The second kappa shape index (κ2) is 8.89. The number of thioether (sulfide) groups is 1. The van der Waals surface area contributed by atoms with E-state index in [-0.39, 0.29) is 0 Å². The monoisotopic (exact) mass is 377 g/mol. The molecule has 0 saturated carbocycles. The van der Waals surface area contributed by atoms with Gasteiger partial charge in [-0.05, 0) is 23.7 Å². The summed E-state index contributed by atoms with van der Waals surface area (Å²) in [5.41, 5.74) is 3.40. The predicted molar refractivity (Wildman–Crippen MR) is 112 cm³/mol. The minimum atomic E-state index is -0.840. The van der Waals surface area contributed by atoms with Crippen molar-refractivity contribution in [2.75, 3.05) is 12.8 Å². The number of hydrogen-bond donors (Lipinski definition) is 2. The first-order chi connectivity index (χ1) is 13.2. The Morgan fingerprint density at radius 3 is 1.52 bits per heavy atom. The van der Waals surface area contributed by atoms with Crippen LogP contribution >= 0.6 is 11.8 Å². The molecule has 0 amide bonds. The fourth-order valence-electron chi connectivity index (χ4n) is 3.26. The lowest BCUT2D eigenvalue weighted by Gasteiger charge is -2.36. The van der Waals surface area contributed by atoms with Crippen LogP contribution in [0.15, 0.2) is 91.0 Å². The second-order valence-corrected chi connectivity index (χ2v) is 7.50. The van der Waals surface area contributed by atoms with Gasteiger partial charge in [-0.2, -0.15) is 0 Å². The molecule has 0 unspecified atom stereocenters. The van der Waals surface area contributed by atoms with Crippen LogP contribution < -0.4 is 5.32 Å². The summed E-state index contributed by atoms with van der Waals surface area (Å²) in [4.78, 5) is 11.6. The molecule has 3 aromatic carbocycles. The molecule has 0 aliphatic carbocycles. The summed E-state index contributed by atoms with van der Waals surface area (Å²) in [6.07, 6.45) is 0. The van der Waals surface area contributed by atoms with Gasteiger partial charge in [0.05, 0.1) is 4.75 Å². The predicted octanol–water partition coefficient (Wildman–Crippen LogP) is 4.38. The van der Waals surface area contributed by atoms with Crippen LogP contribution in [0.2, 0.25) is 0 Å². The zero-order valence-electron chi connectivity index (χ0n) is 15.2. The van der Waals surface area contributed by atoms with Crippen LogP contribution in [0.5, 0.6) is 0 Å². The van der Waals surface area contributed by atoms with Crippen LogP contribution in [0, 0.1) is 0 Å². The topological polar surface area (TPSA) is 49.3 Å². The minimum absolute atomic E-state index is 0.435. The van der Waals surface area contributed by atoms with Crippen molar-refractivity contribution in [1.82, 2.24) is 5.32 Å². The van der Waals surface area contributed by atoms with Gasteiger partial charge in [0.15, 0.2) is 0 Å². The highest BCUT2D eigenvalue weighted by Crippen LogP contribution is 2.48. The molecule has 3 rings (SSSR count). The summed E-state index contributed by atoms with van der Waals surface area (Å²) < 4.78 is -0.492. The van der Waals surface area contributed by atoms with E-state index in [9.17, 15) is 9.90 Å². The van der Waals surface area contributed by atoms with E-state index in [4.69, 9.17) is 0 Å². The number of benzene rings is 3. The third-order valence-corrected chi connectivity index (χ3v) is 6.29. The number of carbonyl (C=O) groups is 1. The maximum Gasteiger partial charge on any atom is 0.321 e. The molecule has 0 heterocycles. The summed E-state index contributed by atoms with van der Waals surface area (Å²) in [7, 11) is 1.69. The van der Waals surface area contributed by atoms with Gasteiger partial charge < -0.3 is 10.4 Å². The van der Waals surface area contributed by atoms with E-state index in [1.807, 2.05) is 54.6 Å². The highest BCUT2D eigenvalue weighted by Gasteiger charge is 2.38. The third-order valence-electron chi connectivity index (χ3n) is 4.65. The van der Waals surface area contributed by atoms with Gasteiger partial charge in [-0.3, -0.25) is 4.79 Å². The normalized spacial score (nSPS) is 12.5. The van der Waals surface area contributed by atoms with E-state index in [1.54, 1.807) is 18.8 Å². The molecule has 0 aliphatic rings. The van der Waals surface area contributed by atoms with E-state index >= 15 is 0 Å². The van der Waals surface area contributed by atoms with Gasteiger partial charge in [-0.15, -0.1) is 11.8 Å². The van der Waals surface area contributed by atoms with Crippen molar-refractivity contribution < 1.29 is 9.90 Å². The lowest BCUT2D eigenvalue weighted by molar-refractivity contribution is -0.138. The molecule has 0 saturated heterocycles. The fourth-order valence-corrected chi connectivity index (χ4v) is 4.89. The first-order valence-corrected chi connectivity index (χ1v) is 9.87. The maximum absolute atomic E-state index is 11.6. The second-order valence-electron chi connectivity index (χ2n) is 6.27. The Morgan fingerprint density at radius 2 is 1.22 bits per heavy atom. The van der Waals surface area contributed by atoms with Gasteiger partial charge in [0, 0.05) is 5.75 Å². The Bertz CT molecular complexity index is 757. The molecule has 27 heavy (non-hydrogen) atoms. The Hall–Kier alpha value is -2.56. The van der Waals surface area contributed by atoms with Crippen LogP contribution in [0.4, 0.5) is 0 Å². The fraction of sp³-hybridized carbons (Fsp3) is 0.174. The zero-order chi connectivity index (χ0) is 19.1. The van der Waals surface area contributed by atoms with E-state index < -0.39 is 16.8 Å². The average molecular weight is 378 g/mol. The number of nitrogens with one attached hydrogen (secondary N) is 1. The molecule has 0 fully saturated rings. The van der Waals surface area contributed by atoms with Crippen molar-refractivity contribution in [2.24, 2.45) is 0 Å². The molecule has 0 aromatic heterocycles. The van der Waals surface area contributed by atoms with Crippen molar-refractivity contribution in [3.05, 3.63) is 108 Å². The standard InChI is InChI=1S/C23H23NO2S/c1-24-21(22(25)26)17-27-23(18-11-5-2-6-12-18,19-13-7-3-8-14-19)20-15-9-4-10-16-20/h2-16,21,24H,17H2,1H3,(H,25,26)/t21-/m1/s1. The van der Waals surface area contributed by atoms with Crippen LogP contribution in [0.3, 0.4) is 0 Å². The Labute approximate surface area is 164 Å². The first-order valence-electron chi connectivity index (χ1n) is 8.89. The number of hydrogen-bond acceptors (Lipinski definition) is 3. The zero-order valence-corrected chi connectivity index (χ0v) is 16.0. The molecule has 0 bridgehead atoms. The van der Waals surface area contributed by atoms with Crippen LogP contribution in [0.25, 0.3) is 0 Å². The van der Waals surface area contributed by atoms with Gasteiger partial charge in [0.1, 0.15) is 6.04 Å². The van der Waals surface area contributed by atoms with Gasteiger partial charge in [0.25, 0.3) is 0 Å². The molecule has 0 aliphatic heterocycles. The Morgan fingerprint density at radius 1 is 0.852 bits per heavy atom. The molecular formula is C23H23NO2S. The van der Waals surface area contributed by atoms with Crippen molar-refractivity contribution >= 4 is 17.7 Å². The maximum atomic E-state index is 11.6. The average Bonchev–Trinajstić information content (AvgIpc) is 2.73. The Kier molecular flexibility index (Phi) is 6.32. The van der Waals surface area contributed by atoms with E-state index in [1.165, 1.54) is 0 Å². The van der Waals surface area contributed by atoms with Crippen molar-refractivity contribution in [1.29, 1.82) is 0 Å². The SMILES string of the molecule is CN[C@H](CSC(c1ccccc1)(c1ccccc1)c1ccccc1)C(=O)O. The van der Waals surface area contributed by atoms with Crippen LogP contribution in [-0.2, 0) is 9.54 Å². The molecule has 3 nitrogen and oxygen atoms in total. The van der Waals surface area contributed by atoms with Crippen molar-refractivity contribution in [3.8, 4) is 0 Å². The third kappa shape index (κ3) is 4.07. The lowest BCUT2D eigenvalue weighted by atomic mass is 9.84. The van der Waals surface area contributed by atoms with Crippen molar-refractivity contribution in [2.45, 2.75) is 10.8 Å². The molecule has 0 spiro atoms. The van der Waals surface area contributed by atoms with E-state index in [0.717, 1.165) is 16.7 Å². The first kappa shape index (κ1) is 19.2. The molecule has 2 N–H and O–H groups in total. The summed E-state index contributed by atoms with van der Waals surface area (Å²) >= 11 is 1.65. The quantitative estimate of drug-likeness (QED) is 0.572. The van der Waals surface area contributed by atoms with Gasteiger partial charge in [0.2, 0.25) is 0 Å². The largest absolute Gasteiger partial charge is 0.480 e. The molecule has 138 valence electrons. The van der Waals surface area contributed by atoms with Crippen LogP contribution in [0.1, 0.15) is 16.7 Å². The molecule has 0 radical (unpaired) electrons. The van der Waals surface area contributed by atoms with Crippen LogP contribution in [-0.4, -0.2) is 29.9 Å². The summed E-state index contributed by atoms with van der Waals surface area (Å²) in [5.74, 6) is -0.405. The summed E-state index contributed by atoms with van der Waals surface area (Å²) in [6, 6.07) is 30.3. The summed E-state index contributed by atoms with van der Waals surface area (Å²) in [5, 5.41) is 12.4. The number of aliphatic carboxylic acids is 1. The van der Waals surface area contributed by atoms with Gasteiger partial charge in [-0.25, -0.2) is 0 Å². The van der Waals surface area contributed by atoms with Crippen molar-refractivity contribution in [3.63, 3.8) is 0 Å². The lowest BCUT2D eigenvalue weighted by Crippen LogP contribution is -2.38. The van der Waals surface area contributed by atoms with Gasteiger partial charge in [-0.1, -0.05) is 91.0 Å². The van der Waals surface area contributed by atoms with E-state index in [2.05, 4.69) is 41.7 Å².